The summed E-state index contributed by atoms with van der Waals surface area (Å²) in [6, 6.07) is 4.98. The van der Waals surface area contributed by atoms with Crippen LogP contribution in [-0.4, -0.2) is 15.7 Å². The van der Waals surface area contributed by atoms with Crippen LogP contribution in [0.4, 0.5) is 14.6 Å². The van der Waals surface area contributed by atoms with E-state index in [1.54, 1.807) is 19.3 Å². The molecule has 102 valence electrons. The van der Waals surface area contributed by atoms with E-state index in [4.69, 9.17) is 0 Å². The van der Waals surface area contributed by atoms with E-state index >= 15 is 0 Å². The molecule has 1 aromatic heterocycles. The number of hydrogen-bond donors (Lipinski definition) is 1. The highest BCUT2D eigenvalue weighted by Crippen LogP contribution is 2.13. The minimum absolute atomic E-state index is 0.279. The maximum atomic E-state index is 13.3. The van der Waals surface area contributed by atoms with Crippen LogP contribution in [0.3, 0.4) is 0 Å². The van der Waals surface area contributed by atoms with E-state index in [-0.39, 0.29) is 11.4 Å². The molecule has 0 fully saturated rings. The lowest BCUT2D eigenvalue weighted by Crippen LogP contribution is -2.15. The highest BCUT2D eigenvalue weighted by atomic mass is 19.2. The predicted octanol–water partition coefficient (Wildman–Crippen LogP) is 2.98. The van der Waals surface area contributed by atoms with Gasteiger partial charge in [-0.25, -0.2) is 8.78 Å². The second-order valence-electron chi connectivity index (χ2n) is 3.43. The summed E-state index contributed by atoms with van der Waals surface area (Å²) >= 11 is 0. The van der Waals surface area contributed by atoms with E-state index < -0.39 is 17.5 Å². The SMILES string of the molecule is CC.Cn1ccc(NC(=O)c2cccc(F)c2F)n1. The Kier molecular flexibility index (Phi) is 5.17. The zero-order valence-corrected chi connectivity index (χ0v) is 10.9. The number of aromatic nitrogens is 2. The van der Waals surface area contributed by atoms with Gasteiger partial charge in [0.2, 0.25) is 0 Å². The van der Waals surface area contributed by atoms with Gasteiger partial charge in [0.15, 0.2) is 17.5 Å². The van der Waals surface area contributed by atoms with Crippen molar-refractivity contribution in [3.05, 3.63) is 47.7 Å². The molecule has 0 bridgehead atoms. The smallest absolute Gasteiger partial charge is 0.259 e. The van der Waals surface area contributed by atoms with E-state index in [2.05, 4.69) is 10.4 Å². The van der Waals surface area contributed by atoms with Crippen molar-refractivity contribution in [1.82, 2.24) is 9.78 Å². The molecule has 19 heavy (non-hydrogen) atoms. The highest BCUT2D eigenvalue weighted by molar-refractivity contribution is 6.03. The molecule has 0 saturated heterocycles. The van der Waals surface area contributed by atoms with Crippen molar-refractivity contribution in [2.45, 2.75) is 13.8 Å². The third-order valence-corrected chi connectivity index (χ3v) is 2.15. The first-order valence-electron chi connectivity index (χ1n) is 5.83. The Balaban J connectivity index is 0.000000861. The molecular formula is C13H15F2N3O. The van der Waals surface area contributed by atoms with Crippen LogP contribution in [0.25, 0.3) is 0 Å². The molecule has 1 amide bonds. The van der Waals surface area contributed by atoms with Gasteiger partial charge in [-0.1, -0.05) is 19.9 Å². The van der Waals surface area contributed by atoms with Crippen molar-refractivity contribution >= 4 is 11.7 Å². The van der Waals surface area contributed by atoms with Crippen LogP contribution >= 0.6 is 0 Å². The summed E-state index contributed by atoms with van der Waals surface area (Å²) in [4.78, 5) is 11.6. The van der Waals surface area contributed by atoms with Gasteiger partial charge < -0.3 is 5.32 Å². The fourth-order valence-corrected chi connectivity index (χ4v) is 1.34. The molecule has 4 nitrogen and oxygen atoms in total. The Hall–Kier alpha value is -2.24. The van der Waals surface area contributed by atoms with Crippen LogP contribution < -0.4 is 5.32 Å². The third kappa shape index (κ3) is 3.61. The second kappa shape index (κ2) is 6.63. The summed E-state index contributed by atoms with van der Waals surface area (Å²) in [5.74, 6) is -2.68. The number of rotatable bonds is 2. The van der Waals surface area contributed by atoms with Gasteiger partial charge in [0.05, 0.1) is 5.56 Å². The standard InChI is InChI=1S/C11H9F2N3O.C2H6/c1-16-6-5-9(15-16)14-11(17)7-3-2-4-8(12)10(7)13;1-2/h2-6H,1H3,(H,14,15,17);1-2H3. The number of nitrogens with one attached hydrogen (secondary N) is 1. The zero-order chi connectivity index (χ0) is 14.4. The average Bonchev–Trinajstić information content (AvgIpc) is 2.80. The monoisotopic (exact) mass is 267 g/mol. The van der Waals surface area contributed by atoms with Gasteiger partial charge >= 0.3 is 0 Å². The number of carbonyl (C=O) groups is 1. The average molecular weight is 267 g/mol. The van der Waals surface area contributed by atoms with Crippen molar-refractivity contribution in [3.8, 4) is 0 Å². The molecule has 1 heterocycles. The lowest BCUT2D eigenvalue weighted by Gasteiger charge is -2.03. The van der Waals surface area contributed by atoms with E-state index in [1.807, 2.05) is 13.8 Å². The van der Waals surface area contributed by atoms with Gasteiger partial charge in [-0.2, -0.15) is 5.10 Å². The van der Waals surface area contributed by atoms with Gasteiger partial charge in [-0.05, 0) is 12.1 Å². The first kappa shape index (κ1) is 14.8. The number of amides is 1. The Morgan fingerprint density at radius 3 is 2.53 bits per heavy atom. The maximum Gasteiger partial charge on any atom is 0.259 e. The quantitative estimate of drug-likeness (QED) is 0.909. The number of carbonyl (C=O) groups excluding carboxylic acids is 1. The van der Waals surface area contributed by atoms with Crippen LogP contribution in [0.15, 0.2) is 30.5 Å². The van der Waals surface area contributed by atoms with E-state index in [0.717, 1.165) is 6.07 Å². The van der Waals surface area contributed by atoms with Crippen LogP contribution in [0, 0.1) is 11.6 Å². The molecule has 0 saturated carbocycles. The molecule has 1 aromatic carbocycles. The summed E-state index contributed by atoms with van der Waals surface area (Å²) in [5.41, 5.74) is -0.351. The number of nitrogens with zero attached hydrogens (tertiary/aromatic N) is 2. The molecule has 0 aliphatic carbocycles. The first-order chi connectivity index (χ1) is 9.08. The number of benzene rings is 1. The van der Waals surface area contributed by atoms with Crippen LogP contribution in [0.1, 0.15) is 24.2 Å². The highest BCUT2D eigenvalue weighted by Gasteiger charge is 2.15. The maximum absolute atomic E-state index is 13.3. The predicted molar refractivity (Wildman–Crippen MR) is 68.9 cm³/mol. The van der Waals surface area contributed by atoms with Crippen molar-refractivity contribution < 1.29 is 13.6 Å². The van der Waals surface area contributed by atoms with Crippen LogP contribution in [-0.2, 0) is 7.05 Å². The third-order valence-electron chi connectivity index (χ3n) is 2.15. The van der Waals surface area contributed by atoms with Crippen molar-refractivity contribution in [2.24, 2.45) is 7.05 Å². The number of halogens is 2. The lowest BCUT2D eigenvalue weighted by atomic mass is 10.2. The fourth-order valence-electron chi connectivity index (χ4n) is 1.34. The van der Waals surface area contributed by atoms with Crippen LogP contribution in [0.5, 0.6) is 0 Å². The Morgan fingerprint density at radius 2 is 1.95 bits per heavy atom. The fraction of sp³-hybridized carbons (Fsp3) is 0.231. The Morgan fingerprint density at radius 1 is 1.26 bits per heavy atom. The minimum Gasteiger partial charge on any atom is -0.305 e. The Bertz CT molecular complexity index is 567. The van der Waals surface area contributed by atoms with E-state index in [9.17, 15) is 13.6 Å². The molecule has 0 atom stereocenters. The molecular weight excluding hydrogens is 252 g/mol. The summed E-state index contributed by atoms with van der Waals surface area (Å²) < 4.78 is 27.7. The van der Waals surface area contributed by atoms with Crippen molar-refractivity contribution in [2.75, 3.05) is 5.32 Å². The Labute approximate surface area is 110 Å². The molecule has 0 unspecified atom stereocenters. The van der Waals surface area contributed by atoms with Gasteiger partial charge in [-0.3, -0.25) is 9.48 Å². The van der Waals surface area contributed by atoms with Gasteiger partial charge in [0, 0.05) is 19.3 Å². The molecule has 0 radical (unpaired) electrons. The summed E-state index contributed by atoms with van der Waals surface area (Å²) in [6.45, 7) is 4.00. The topological polar surface area (TPSA) is 46.9 Å². The summed E-state index contributed by atoms with van der Waals surface area (Å²) in [7, 11) is 1.68. The molecule has 1 N–H and O–H groups in total. The minimum atomic E-state index is -1.17. The number of hydrogen-bond acceptors (Lipinski definition) is 2. The molecule has 6 heteroatoms. The zero-order valence-electron chi connectivity index (χ0n) is 10.9. The van der Waals surface area contributed by atoms with Gasteiger partial charge in [0.1, 0.15) is 0 Å². The van der Waals surface area contributed by atoms with Gasteiger partial charge in [-0.15, -0.1) is 0 Å². The summed E-state index contributed by atoms with van der Waals surface area (Å²) in [6.07, 6.45) is 1.62. The lowest BCUT2D eigenvalue weighted by molar-refractivity contribution is 0.102. The van der Waals surface area contributed by atoms with Gasteiger partial charge in [0.25, 0.3) is 5.91 Å². The molecule has 2 rings (SSSR count). The number of aryl methyl sites for hydroxylation is 1. The first-order valence-corrected chi connectivity index (χ1v) is 5.83. The second-order valence-corrected chi connectivity index (χ2v) is 3.43. The molecule has 0 aliphatic heterocycles. The van der Waals surface area contributed by atoms with Crippen molar-refractivity contribution in [3.63, 3.8) is 0 Å². The van der Waals surface area contributed by atoms with Crippen LogP contribution in [0.2, 0.25) is 0 Å². The molecule has 0 spiro atoms. The molecule has 2 aromatic rings. The largest absolute Gasteiger partial charge is 0.305 e. The molecule has 0 aliphatic rings. The summed E-state index contributed by atoms with van der Waals surface area (Å²) in [5, 5.41) is 6.27. The van der Waals surface area contributed by atoms with Crippen molar-refractivity contribution in [1.29, 1.82) is 0 Å². The van der Waals surface area contributed by atoms with E-state index in [0.29, 0.717) is 0 Å². The number of anilines is 1. The van der Waals surface area contributed by atoms with E-state index in [1.165, 1.54) is 16.8 Å². The normalized spacial score (nSPS) is 9.53.